The highest BCUT2D eigenvalue weighted by atomic mass is 16.3. The molecule has 6 atom stereocenters. The zero-order valence-electron chi connectivity index (χ0n) is 10.9. The van der Waals surface area contributed by atoms with Gasteiger partial charge in [0.15, 0.2) is 0 Å². The summed E-state index contributed by atoms with van der Waals surface area (Å²) in [7, 11) is 0. The maximum atomic E-state index is 9.46. The molecule has 0 spiro atoms. The molecule has 3 heteroatoms. The van der Waals surface area contributed by atoms with Crippen molar-refractivity contribution in [2.45, 2.75) is 65.8 Å². The molecule has 92 valence electrons. The summed E-state index contributed by atoms with van der Waals surface area (Å²) in [5.74, 6) is 0.433. The molecule has 0 fully saturated rings. The fourth-order valence-corrected chi connectivity index (χ4v) is 1.55. The Balaban J connectivity index is 4.11. The van der Waals surface area contributed by atoms with Gasteiger partial charge in [0.1, 0.15) is 0 Å². The van der Waals surface area contributed by atoms with E-state index in [1.54, 1.807) is 0 Å². The van der Waals surface area contributed by atoms with Crippen LogP contribution in [0.25, 0.3) is 0 Å². The first-order chi connectivity index (χ1) is 6.77. The van der Waals surface area contributed by atoms with Crippen molar-refractivity contribution in [2.24, 2.45) is 11.8 Å². The lowest BCUT2D eigenvalue weighted by Crippen LogP contribution is -2.46. The molecule has 0 aromatic rings. The van der Waals surface area contributed by atoms with Crippen LogP contribution in [0.2, 0.25) is 0 Å². The molecule has 0 aliphatic heterocycles. The summed E-state index contributed by atoms with van der Waals surface area (Å²) in [5, 5.41) is 22.3. The van der Waals surface area contributed by atoms with Gasteiger partial charge in [-0.1, -0.05) is 13.8 Å². The van der Waals surface area contributed by atoms with Crippen LogP contribution in [0.3, 0.4) is 0 Å². The van der Waals surface area contributed by atoms with E-state index in [1.165, 1.54) is 0 Å². The Labute approximate surface area is 93.9 Å². The first-order valence-electron chi connectivity index (χ1n) is 5.89. The van der Waals surface area contributed by atoms with E-state index >= 15 is 0 Å². The smallest absolute Gasteiger partial charge is 0.0552 e. The van der Waals surface area contributed by atoms with E-state index in [4.69, 9.17) is 0 Å². The number of hydrogen-bond acceptors (Lipinski definition) is 3. The van der Waals surface area contributed by atoms with Gasteiger partial charge in [-0.3, -0.25) is 0 Å². The summed E-state index contributed by atoms with van der Waals surface area (Å²) in [5.41, 5.74) is 0. The Kier molecular flexibility index (Phi) is 6.41. The number of nitrogens with one attached hydrogen (secondary N) is 1. The van der Waals surface area contributed by atoms with Crippen molar-refractivity contribution in [1.82, 2.24) is 5.32 Å². The molecule has 0 heterocycles. The van der Waals surface area contributed by atoms with Gasteiger partial charge in [0, 0.05) is 12.1 Å². The molecule has 0 saturated carbocycles. The second-order valence-corrected chi connectivity index (χ2v) is 4.94. The van der Waals surface area contributed by atoms with Gasteiger partial charge in [0.05, 0.1) is 12.2 Å². The molecular formula is C12H27NO2. The average molecular weight is 217 g/mol. The predicted molar refractivity (Wildman–Crippen MR) is 63.7 cm³/mol. The normalized spacial score (nSPS) is 24.0. The first kappa shape index (κ1) is 14.9. The highest BCUT2D eigenvalue weighted by Crippen LogP contribution is 2.13. The number of aliphatic hydroxyl groups is 2. The van der Waals surface area contributed by atoms with E-state index < -0.39 is 0 Å². The molecule has 3 N–H and O–H groups in total. The lowest BCUT2D eigenvalue weighted by Gasteiger charge is -2.31. The molecule has 0 bridgehead atoms. The summed E-state index contributed by atoms with van der Waals surface area (Å²) in [6.07, 6.45) is -0.608. The van der Waals surface area contributed by atoms with Crippen LogP contribution in [0.5, 0.6) is 0 Å². The topological polar surface area (TPSA) is 52.5 Å². The molecule has 0 saturated heterocycles. The van der Waals surface area contributed by atoms with Crippen LogP contribution in [0.1, 0.15) is 41.5 Å². The van der Waals surface area contributed by atoms with Gasteiger partial charge in [-0.15, -0.1) is 0 Å². The fraction of sp³-hybridized carbons (Fsp3) is 1.00. The third kappa shape index (κ3) is 4.96. The minimum Gasteiger partial charge on any atom is -0.393 e. The molecular weight excluding hydrogens is 190 g/mol. The van der Waals surface area contributed by atoms with Crippen LogP contribution in [0.4, 0.5) is 0 Å². The second-order valence-electron chi connectivity index (χ2n) is 4.94. The third-order valence-electron chi connectivity index (χ3n) is 3.62. The molecule has 0 aliphatic carbocycles. The Morgan fingerprint density at radius 1 is 0.667 bits per heavy atom. The summed E-state index contributed by atoms with van der Waals surface area (Å²) < 4.78 is 0. The Bertz CT molecular complexity index is 153. The Hall–Kier alpha value is -0.120. The molecule has 0 rings (SSSR count). The van der Waals surface area contributed by atoms with Gasteiger partial charge in [0.2, 0.25) is 0 Å². The summed E-state index contributed by atoms with van der Waals surface area (Å²) in [4.78, 5) is 0. The monoisotopic (exact) mass is 217 g/mol. The maximum absolute atomic E-state index is 9.46. The van der Waals surface area contributed by atoms with E-state index in [1.807, 2.05) is 27.7 Å². The van der Waals surface area contributed by atoms with Gasteiger partial charge < -0.3 is 15.5 Å². The highest BCUT2D eigenvalue weighted by Gasteiger charge is 2.22. The Morgan fingerprint density at radius 2 is 0.933 bits per heavy atom. The third-order valence-corrected chi connectivity index (χ3v) is 3.62. The van der Waals surface area contributed by atoms with Crippen molar-refractivity contribution >= 4 is 0 Å². The zero-order chi connectivity index (χ0) is 12.2. The predicted octanol–water partition coefficient (Wildman–Crippen LogP) is 1.39. The van der Waals surface area contributed by atoms with E-state index in [2.05, 4.69) is 19.2 Å². The van der Waals surface area contributed by atoms with E-state index in [0.717, 1.165) is 0 Å². The molecule has 3 nitrogen and oxygen atoms in total. The van der Waals surface area contributed by atoms with Gasteiger partial charge in [-0.05, 0) is 39.5 Å². The van der Waals surface area contributed by atoms with Crippen LogP contribution in [0, 0.1) is 11.8 Å². The molecule has 6 unspecified atom stereocenters. The van der Waals surface area contributed by atoms with Gasteiger partial charge in [-0.2, -0.15) is 0 Å². The lowest BCUT2D eigenvalue weighted by atomic mass is 9.93. The van der Waals surface area contributed by atoms with E-state index in [-0.39, 0.29) is 36.1 Å². The minimum absolute atomic E-state index is 0.216. The fourth-order valence-electron chi connectivity index (χ4n) is 1.55. The number of rotatable bonds is 6. The van der Waals surface area contributed by atoms with Gasteiger partial charge >= 0.3 is 0 Å². The summed E-state index contributed by atoms with van der Waals surface area (Å²) in [6, 6.07) is 0.502. The quantitative estimate of drug-likeness (QED) is 0.630. The van der Waals surface area contributed by atoms with Crippen molar-refractivity contribution in [3.8, 4) is 0 Å². The molecule has 0 amide bonds. The van der Waals surface area contributed by atoms with Crippen LogP contribution in [-0.2, 0) is 0 Å². The zero-order valence-corrected chi connectivity index (χ0v) is 10.9. The number of hydrogen-bond donors (Lipinski definition) is 3. The van der Waals surface area contributed by atoms with Crippen molar-refractivity contribution in [2.75, 3.05) is 0 Å². The van der Waals surface area contributed by atoms with E-state index in [0.29, 0.717) is 0 Å². The Morgan fingerprint density at radius 3 is 1.13 bits per heavy atom. The standard InChI is InChI=1S/C12H27NO2/c1-7(11(5)14)9(3)13-10(4)8(2)12(6)15/h7-15H,1-6H3. The van der Waals surface area contributed by atoms with Crippen LogP contribution in [-0.4, -0.2) is 34.5 Å². The first-order valence-corrected chi connectivity index (χ1v) is 5.89. The maximum Gasteiger partial charge on any atom is 0.0552 e. The van der Waals surface area contributed by atoms with Crippen LogP contribution < -0.4 is 5.32 Å². The largest absolute Gasteiger partial charge is 0.393 e. The van der Waals surface area contributed by atoms with Crippen molar-refractivity contribution in [3.63, 3.8) is 0 Å². The summed E-state index contributed by atoms with van der Waals surface area (Å²) >= 11 is 0. The van der Waals surface area contributed by atoms with Crippen molar-refractivity contribution in [3.05, 3.63) is 0 Å². The van der Waals surface area contributed by atoms with Crippen molar-refractivity contribution in [1.29, 1.82) is 0 Å². The van der Waals surface area contributed by atoms with Gasteiger partial charge in [-0.25, -0.2) is 0 Å². The second kappa shape index (κ2) is 6.46. The van der Waals surface area contributed by atoms with Gasteiger partial charge in [0.25, 0.3) is 0 Å². The van der Waals surface area contributed by atoms with Crippen molar-refractivity contribution < 1.29 is 10.2 Å². The average Bonchev–Trinajstić information content (AvgIpc) is 2.14. The molecule has 0 aromatic heterocycles. The number of aliphatic hydroxyl groups excluding tert-OH is 2. The van der Waals surface area contributed by atoms with Crippen LogP contribution in [0.15, 0.2) is 0 Å². The lowest BCUT2D eigenvalue weighted by molar-refractivity contribution is 0.0884. The van der Waals surface area contributed by atoms with Crippen LogP contribution >= 0.6 is 0 Å². The molecule has 0 radical (unpaired) electrons. The molecule has 0 aromatic carbocycles. The molecule has 15 heavy (non-hydrogen) atoms. The summed E-state index contributed by atoms with van der Waals surface area (Å²) in [6.45, 7) is 11.8. The molecule has 0 aliphatic rings. The SMILES string of the molecule is CC(O)C(C)C(C)NC(C)C(C)C(C)O. The minimum atomic E-state index is -0.304. The van der Waals surface area contributed by atoms with E-state index in [9.17, 15) is 10.2 Å². The highest BCUT2D eigenvalue weighted by molar-refractivity contribution is 4.79.